The number of anilines is 2. The quantitative estimate of drug-likeness (QED) is 0.728. The van der Waals surface area contributed by atoms with Crippen molar-refractivity contribution in [2.75, 3.05) is 24.7 Å². The molecule has 1 fully saturated rings. The molecule has 0 saturated heterocycles. The van der Waals surface area contributed by atoms with E-state index in [2.05, 4.69) is 15.6 Å². The minimum atomic E-state index is -0.367. The molecule has 0 aliphatic heterocycles. The molecule has 3 rings (SSSR count). The summed E-state index contributed by atoms with van der Waals surface area (Å²) in [6.07, 6.45) is 4.14. The molecule has 0 radical (unpaired) electrons. The smallest absolute Gasteiger partial charge is 0.258 e. The third kappa shape index (κ3) is 5.82. The number of halogens is 1. The number of amides is 3. The van der Waals surface area contributed by atoms with Crippen LogP contribution < -0.4 is 10.6 Å². The van der Waals surface area contributed by atoms with Crippen LogP contribution in [0.1, 0.15) is 41.6 Å². The first-order chi connectivity index (χ1) is 14.7. The second kappa shape index (κ2) is 9.92. The van der Waals surface area contributed by atoms with Crippen LogP contribution >= 0.6 is 11.6 Å². The molecular weight excluding hydrogens is 416 g/mol. The van der Waals surface area contributed by atoms with Gasteiger partial charge in [0.15, 0.2) is 0 Å². The molecule has 7 nitrogen and oxygen atoms in total. The molecule has 1 heterocycles. The summed E-state index contributed by atoms with van der Waals surface area (Å²) in [4.78, 5) is 43.5. The molecule has 2 aromatic rings. The Labute approximate surface area is 187 Å². The zero-order valence-electron chi connectivity index (χ0n) is 17.9. The van der Waals surface area contributed by atoms with Gasteiger partial charge in [-0.25, -0.2) is 4.98 Å². The van der Waals surface area contributed by atoms with Crippen LogP contribution in [-0.4, -0.2) is 41.7 Å². The maximum Gasteiger partial charge on any atom is 0.258 e. The Morgan fingerprint density at radius 3 is 2.29 bits per heavy atom. The molecule has 0 bridgehead atoms. The van der Waals surface area contributed by atoms with Crippen molar-refractivity contribution in [3.8, 4) is 0 Å². The highest BCUT2D eigenvalue weighted by molar-refractivity contribution is 6.30. The van der Waals surface area contributed by atoms with Crippen LogP contribution in [0.4, 0.5) is 11.5 Å². The van der Waals surface area contributed by atoms with Crippen LogP contribution in [0.25, 0.3) is 0 Å². The number of hydrogen-bond acceptors (Lipinski definition) is 4. The molecule has 0 spiro atoms. The SMILES string of the molecule is Cc1ccc(NC(=O)[C@H]2CC[C@H](C(=O)N(C)C)CC2)c(C(=O)Nc2ccc(Cl)cn2)c1. The van der Waals surface area contributed by atoms with Crippen LogP contribution in [0.5, 0.6) is 0 Å². The van der Waals surface area contributed by atoms with E-state index in [0.717, 1.165) is 5.56 Å². The summed E-state index contributed by atoms with van der Waals surface area (Å²) in [5.41, 5.74) is 1.71. The van der Waals surface area contributed by atoms with E-state index in [1.807, 2.05) is 13.0 Å². The zero-order chi connectivity index (χ0) is 22.5. The molecule has 2 N–H and O–H groups in total. The van der Waals surface area contributed by atoms with E-state index in [0.29, 0.717) is 47.8 Å². The van der Waals surface area contributed by atoms with Gasteiger partial charge in [-0.15, -0.1) is 0 Å². The van der Waals surface area contributed by atoms with Crippen molar-refractivity contribution < 1.29 is 14.4 Å². The third-order valence-corrected chi connectivity index (χ3v) is 5.76. The highest BCUT2D eigenvalue weighted by Crippen LogP contribution is 2.31. The maximum absolute atomic E-state index is 12.9. The summed E-state index contributed by atoms with van der Waals surface area (Å²) >= 11 is 5.84. The minimum Gasteiger partial charge on any atom is -0.349 e. The Morgan fingerprint density at radius 2 is 1.68 bits per heavy atom. The lowest BCUT2D eigenvalue weighted by atomic mass is 9.81. The van der Waals surface area contributed by atoms with Crippen LogP contribution in [0, 0.1) is 18.8 Å². The Morgan fingerprint density at radius 1 is 1.00 bits per heavy atom. The van der Waals surface area contributed by atoms with Crippen molar-refractivity contribution in [1.29, 1.82) is 0 Å². The predicted molar refractivity (Wildman–Crippen MR) is 121 cm³/mol. The summed E-state index contributed by atoms with van der Waals surface area (Å²) in [6, 6.07) is 8.56. The molecular formula is C23H27ClN4O3. The molecule has 3 amide bonds. The Bertz CT molecular complexity index is 967. The summed E-state index contributed by atoms with van der Waals surface area (Å²) < 4.78 is 0. The average molecular weight is 443 g/mol. The number of aromatic nitrogens is 1. The normalized spacial score (nSPS) is 18.2. The maximum atomic E-state index is 12.9. The summed E-state index contributed by atoms with van der Waals surface area (Å²) in [5.74, 6) is -0.204. The molecule has 0 unspecified atom stereocenters. The number of nitrogens with one attached hydrogen (secondary N) is 2. The third-order valence-electron chi connectivity index (χ3n) is 5.53. The van der Waals surface area contributed by atoms with Gasteiger partial charge >= 0.3 is 0 Å². The Hall–Kier alpha value is -2.93. The van der Waals surface area contributed by atoms with Gasteiger partial charge in [0, 0.05) is 32.1 Å². The van der Waals surface area contributed by atoms with Crippen molar-refractivity contribution in [3.05, 3.63) is 52.7 Å². The minimum absolute atomic E-state index is 0.0216. The van der Waals surface area contributed by atoms with Gasteiger partial charge in [0.1, 0.15) is 5.82 Å². The molecule has 0 atom stereocenters. The van der Waals surface area contributed by atoms with Crippen molar-refractivity contribution in [2.45, 2.75) is 32.6 Å². The largest absolute Gasteiger partial charge is 0.349 e. The number of nitrogens with zero attached hydrogens (tertiary/aromatic N) is 2. The van der Waals surface area contributed by atoms with E-state index < -0.39 is 0 Å². The summed E-state index contributed by atoms with van der Waals surface area (Å²) in [6.45, 7) is 1.88. The highest BCUT2D eigenvalue weighted by Gasteiger charge is 2.31. The molecule has 31 heavy (non-hydrogen) atoms. The number of hydrogen-bond donors (Lipinski definition) is 2. The second-order valence-corrected chi connectivity index (χ2v) is 8.57. The first-order valence-corrected chi connectivity index (χ1v) is 10.7. The molecule has 1 aromatic heterocycles. The second-order valence-electron chi connectivity index (χ2n) is 8.14. The lowest BCUT2D eigenvalue weighted by Gasteiger charge is -2.28. The van der Waals surface area contributed by atoms with E-state index in [9.17, 15) is 14.4 Å². The van der Waals surface area contributed by atoms with Gasteiger partial charge < -0.3 is 15.5 Å². The Balaban J connectivity index is 1.68. The molecule has 8 heteroatoms. The Kier molecular flexibility index (Phi) is 7.28. The average Bonchev–Trinajstić information content (AvgIpc) is 2.76. The van der Waals surface area contributed by atoms with Gasteiger partial charge in [-0.3, -0.25) is 14.4 Å². The molecule has 1 saturated carbocycles. The monoisotopic (exact) mass is 442 g/mol. The molecule has 164 valence electrons. The van der Waals surface area contributed by atoms with Crippen LogP contribution in [0.2, 0.25) is 5.02 Å². The van der Waals surface area contributed by atoms with Gasteiger partial charge in [-0.05, 0) is 56.9 Å². The van der Waals surface area contributed by atoms with Crippen molar-refractivity contribution in [1.82, 2.24) is 9.88 Å². The summed E-state index contributed by atoms with van der Waals surface area (Å²) in [7, 11) is 3.51. The van der Waals surface area contributed by atoms with E-state index in [1.165, 1.54) is 6.20 Å². The number of pyridine rings is 1. The van der Waals surface area contributed by atoms with Gasteiger partial charge in [0.05, 0.1) is 16.3 Å². The number of aryl methyl sites for hydroxylation is 1. The standard InChI is InChI=1S/C23H27ClN4O3/c1-14-4-10-19(18(12-14)22(30)27-20-11-9-17(24)13-25-20)26-21(29)15-5-7-16(8-6-15)23(31)28(2)3/h4,9-13,15-16H,5-8H2,1-3H3,(H,26,29)(H,25,27,30)/t15-,16-. The summed E-state index contributed by atoms with van der Waals surface area (Å²) in [5, 5.41) is 6.12. The predicted octanol–water partition coefficient (Wildman–Crippen LogP) is 4.13. The van der Waals surface area contributed by atoms with Gasteiger partial charge in [-0.2, -0.15) is 0 Å². The van der Waals surface area contributed by atoms with E-state index in [-0.39, 0.29) is 29.6 Å². The fourth-order valence-corrected chi connectivity index (χ4v) is 3.90. The molecule has 1 aliphatic rings. The fourth-order valence-electron chi connectivity index (χ4n) is 3.79. The van der Waals surface area contributed by atoms with E-state index >= 15 is 0 Å². The van der Waals surface area contributed by atoms with Gasteiger partial charge in [0.2, 0.25) is 11.8 Å². The van der Waals surface area contributed by atoms with E-state index in [4.69, 9.17) is 11.6 Å². The number of carbonyl (C=O) groups is 3. The van der Waals surface area contributed by atoms with Crippen molar-refractivity contribution >= 4 is 40.8 Å². The number of rotatable bonds is 5. The van der Waals surface area contributed by atoms with Gasteiger partial charge in [-0.1, -0.05) is 23.2 Å². The zero-order valence-corrected chi connectivity index (χ0v) is 18.7. The lowest BCUT2D eigenvalue weighted by molar-refractivity contribution is -0.135. The van der Waals surface area contributed by atoms with Crippen molar-refractivity contribution in [2.24, 2.45) is 11.8 Å². The topological polar surface area (TPSA) is 91.4 Å². The van der Waals surface area contributed by atoms with Crippen LogP contribution in [-0.2, 0) is 9.59 Å². The van der Waals surface area contributed by atoms with E-state index in [1.54, 1.807) is 43.3 Å². The first kappa shape index (κ1) is 22.7. The first-order valence-electron chi connectivity index (χ1n) is 10.3. The highest BCUT2D eigenvalue weighted by atomic mass is 35.5. The van der Waals surface area contributed by atoms with Gasteiger partial charge in [0.25, 0.3) is 5.91 Å². The van der Waals surface area contributed by atoms with Crippen LogP contribution in [0.15, 0.2) is 36.5 Å². The lowest BCUT2D eigenvalue weighted by Crippen LogP contribution is -2.35. The van der Waals surface area contributed by atoms with Crippen LogP contribution in [0.3, 0.4) is 0 Å². The fraction of sp³-hybridized carbons (Fsp3) is 0.391. The number of carbonyl (C=O) groups excluding carboxylic acids is 3. The van der Waals surface area contributed by atoms with Crippen molar-refractivity contribution in [3.63, 3.8) is 0 Å². The molecule has 1 aliphatic carbocycles. The molecule has 1 aromatic carbocycles. The number of benzene rings is 1.